The average molecular weight is 423 g/mol. The molecule has 0 aliphatic rings. The standard InChI is InChI=1S/C21H29NO8/c1-20(2,3)29-18(26)14(22-19(27)30-21(4,5)6)11-12-16(24)28-17(25)13-9-7-8-10-15(13)23/h7-10,14,23H,11-12H2,1-6H3,(H,22,27). The van der Waals surface area contributed by atoms with E-state index >= 15 is 0 Å². The lowest BCUT2D eigenvalue weighted by molar-refractivity contribution is -0.157. The fourth-order valence-corrected chi connectivity index (χ4v) is 2.19. The van der Waals surface area contributed by atoms with Crippen LogP contribution in [-0.4, -0.2) is 46.4 Å². The van der Waals surface area contributed by atoms with Crippen LogP contribution in [0.25, 0.3) is 0 Å². The summed E-state index contributed by atoms with van der Waals surface area (Å²) in [5.74, 6) is -3.03. The molecule has 0 saturated heterocycles. The van der Waals surface area contributed by atoms with Crippen LogP contribution in [0.5, 0.6) is 5.75 Å². The molecule has 30 heavy (non-hydrogen) atoms. The van der Waals surface area contributed by atoms with Crippen molar-refractivity contribution < 1.29 is 38.5 Å². The maximum absolute atomic E-state index is 12.4. The number of esters is 3. The fraction of sp³-hybridized carbons (Fsp3) is 0.524. The van der Waals surface area contributed by atoms with Gasteiger partial charge in [0.2, 0.25) is 0 Å². The van der Waals surface area contributed by atoms with Crippen LogP contribution in [0, 0.1) is 0 Å². The Balaban J connectivity index is 2.76. The number of ether oxygens (including phenoxy) is 3. The highest BCUT2D eigenvalue weighted by molar-refractivity contribution is 5.98. The molecule has 1 amide bonds. The van der Waals surface area contributed by atoms with Gasteiger partial charge in [-0.25, -0.2) is 14.4 Å². The molecular weight excluding hydrogens is 394 g/mol. The van der Waals surface area contributed by atoms with Gasteiger partial charge in [0.15, 0.2) is 0 Å². The molecule has 0 bridgehead atoms. The Bertz CT molecular complexity index is 789. The molecule has 0 aliphatic heterocycles. The number of aromatic hydroxyl groups is 1. The van der Waals surface area contributed by atoms with Crippen LogP contribution < -0.4 is 5.32 Å². The number of amides is 1. The first-order valence-corrected chi connectivity index (χ1v) is 9.43. The van der Waals surface area contributed by atoms with E-state index in [1.807, 2.05) is 0 Å². The number of rotatable bonds is 6. The Morgan fingerprint density at radius 2 is 1.53 bits per heavy atom. The predicted octanol–water partition coefficient (Wildman–Crippen LogP) is 3.09. The topological polar surface area (TPSA) is 128 Å². The molecule has 2 N–H and O–H groups in total. The minimum Gasteiger partial charge on any atom is -0.507 e. The quantitative estimate of drug-likeness (QED) is 0.406. The van der Waals surface area contributed by atoms with E-state index in [9.17, 15) is 24.3 Å². The molecule has 0 radical (unpaired) electrons. The Hall–Kier alpha value is -3.10. The number of phenolic OH excluding ortho intramolecular Hbond substituents is 1. The minimum atomic E-state index is -1.19. The third-order valence-electron chi connectivity index (χ3n) is 3.35. The van der Waals surface area contributed by atoms with Crippen molar-refractivity contribution in [2.45, 2.75) is 71.6 Å². The smallest absolute Gasteiger partial charge is 0.408 e. The van der Waals surface area contributed by atoms with Crippen LogP contribution in [0.4, 0.5) is 4.79 Å². The molecular formula is C21H29NO8. The molecule has 0 heterocycles. The minimum absolute atomic E-state index is 0.165. The van der Waals surface area contributed by atoms with Crippen LogP contribution in [0.1, 0.15) is 64.7 Å². The molecule has 166 valence electrons. The molecule has 0 aliphatic carbocycles. The summed E-state index contributed by atoms with van der Waals surface area (Å²) >= 11 is 0. The molecule has 9 heteroatoms. The number of nitrogens with one attached hydrogen (secondary N) is 1. The van der Waals surface area contributed by atoms with Crippen LogP contribution in [0.3, 0.4) is 0 Å². The second-order valence-corrected chi connectivity index (χ2v) is 8.55. The van der Waals surface area contributed by atoms with Gasteiger partial charge in [-0.15, -0.1) is 0 Å². The first kappa shape index (κ1) is 24.9. The normalized spacial score (nSPS) is 12.5. The zero-order valence-corrected chi connectivity index (χ0v) is 18.1. The van der Waals surface area contributed by atoms with E-state index in [0.717, 1.165) is 0 Å². The highest BCUT2D eigenvalue weighted by atomic mass is 16.6. The molecule has 0 fully saturated rings. The van der Waals surface area contributed by atoms with Gasteiger partial charge in [0, 0.05) is 6.42 Å². The van der Waals surface area contributed by atoms with Crippen molar-refractivity contribution in [3.05, 3.63) is 29.8 Å². The van der Waals surface area contributed by atoms with Gasteiger partial charge in [-0.2, -0.15) is 0 Å². The number of hydrogen-bond acceptors (Lipinski definition) is 8. The Kier molecular flexibility index (Phi) is 8.38. The molecule has 1 aromatic carbocycles. The van der Waals surface area contributed by atoms with E-state index in [4.69, 9.17) is 14.2 Å². The number of alkyl carbamates (subject to hydrolysis) is 1. The molecule has 1 unspecified atom stereocenters. The predicted molar refractivity (Wildman–Crippen MR) is 107 cm³/mol. The van der Waals surface area contributed by atoms with Crippen molar-refractivity contribution in [1.29, 1.82) is 0 Å². The molecule has 9 nitrogen and oxygen atoms in total. The van der Waals surface area contributed by atoms with E-state index in [1.54, 1.807) is 41.5 Å². The van der Waals surface area contributed by atoms with E-state index in [2.05, 4.69) is 5.32 Å². The Morgan fingerprint density at radius 1 is 0.967 bits per heavy atom. The first-order chi connectivity index (χ1) is 13.7. The number of phenols is 1. The molecule has 1 atom stereocenters. The van der Waals surface area contributed by atoms with E-state index in [0.29, 0.717) is 0 Å². The lowest BCUT2D eigenvalue weighted by Gasteiger charge is -2.26. The maximum atomic E-state index is 12.4. The number of hydrogen-bond donors (Lipinski definition) is 2. The lowest BCUT2D eigenvalue weighted by atomic mass is 10.1. The monoisotopic (exact) mass is 423 g/mol. The molecule has 0 aromatic heterocycles. The number of carbonyl (C=O) groups is 4. The summed E-state index contributed by atoms with van der Waals surface area (Å²) in [6.07, 6.45) is -1.39. The Morgan fingerprint density at radius 3 is 2.07 bits per heavy atom. The van der Waals surface area contributed by atoms with Crippen LogP contribution in [0.2, 0.25) is 0 Å². The summed E-state index contributed by atoms with van der Waals surface area (Å²) in [5, 5.41) is 12.0. The largest absolute Gasteiger partial charge is 0.507 e. The first-order valence-electron chi connectivity index (χ1n) is 9.43. The molecule has 1 rings (SSSR count). The van der Waals surface area contributed by atoms with Gasteiger partial charge in [-0.3, -0.25) is 4.79 Å². The summed E-state index contributed by atoms with van der Waals surface area (Å²) in [5.41, 5.74) is -1.76. The average Bonchev–Trinajstić information content (AvgIpc) is 2.55. The van der Waals surface area contributed by atoms with Crippen molar-refractivity contribution >= 4 is 24.0 Å². The fourth-order valence-electron chi connectivity index (χ4n) is 2.19. The zero-order chi connectivity index (χ0) is 23.1. The van der Waals surface area contributed by atoms with Gasteiger partial charge in [0.05, 0.1) is 0 Å². The number of para-hydroxylation sites is 1. The molecule has 0 saturated carbocycles. The third kappa shape index (κ3) is 9.40. The van der Waals surface area contributed by atoms with Gasteiger partial charge in [0.25, 0.3) is 0 Å². The summed E-state index contributed by atoms with van der Waals surface area (Å²) in [4.78, 5) is 48.5. The third-order valence-corrected chi connectivity index (χ3v) is 3.35. The van der Waals surface area contributed by atoms with Gasteiger partial charge >= 0.3 is 24.0 Å². The van der Waals surface area contributed by atoms with Crippen molar-refractivity contribution in [2.75, 3.05) is 0 Å². The van der Waals surface area contributed by atoms with E-state index in [1.165, 1.54) is 24.3 Å². The highest BCUT2D eigenvalue weighted by Crippen LogP contribution is 2.17. The zero-order valence-electron chi connectivity index (χ0n) is 18.1. The second-order valence-electron chi connectivity index (χ2n) is 8.55. The maximum Gasteiger partial charge on any atom is 0.408 e. The van der Waals surface area contributed by atoms with E-state index < -0.39 is 41.2 Å². The lowest BCUT2D eigenvalue weighted by Crippen LogP contribution is -2.46. The summed E-state index contributed by atoms with van der Waals surface area (Å²) in [6, 6.07) is 4.42. The van der Waals surface area contributed by atoms with Crippen molar-refractivity contribution in [3.63, 3.8) is 0 Å². The second kappa shape index (κ2) is 10.1. The number of carbonyl (C=O) groups excluding carboxylic acids is 4. The Labute approximate surface area is 175 Å². The molecule has 1 aromatic rings. The van der Waals surface area contributed by atoms with Crippen molar-refractivity contribution in [3.8, 4) is 5.75 Å². The van der Waals surface area contributed by atoms with Gasteiger partial charge < -0.3 is 24.6 Å². The SMILES string of the molecule is CC(C)(C)OC(=O)NC(CCC(=O)OC(=O)c1ccccc1O)C(=O)OC(C)(C)C. The van der Waals surface area contributed by atoms with Gasteiger partial charge in [0.1, 0.15) is 28.6 Å². The highest BCUT2D eigenvalue weighted by Gasteiger charge is 2.29. The van der Waals surface area contributed by atoms with Crippen molar-refractivity contribution in [2.24, 2.45) is 0 Å². The van der Waals surface area contributed by atoms with Crippen LogP contribution in [-0.2, 0) is 23.8 Å². The van der Waals surface area contributed by atoms with Crippen molar-refractivity contribution in [1.82, 2.24) is 5.32 Å². The summed E-state index contributed by atoms with van der Waals surface area (Å²) in [6.45, 7) is 9.98. The molecule has 0 spiro atoms. The summed E-state index contributed by atoms with van der Waals surface area (Å²) in [7, 11) is 0. The van der Waals surface area contributed by atoms with Crippen LogP contribution >= 0.6 is 0 Å². The van der Waals surface area contributed by atoms with Crippen LogP contribution in [0.15, 0.2) is 24.3 Å². The van der Waals surface area contributed by atoms with Gasteiger partial charge in [-0.05, 0) is 60.1 Å². The number of benzene rings is 1. The van der Waals surface area contributed by atoms with Gasteiger partial charge in [-0.1, -0.05) is 12.1 Å². The summed E-state index contributed by atoms with van der Waals surface area (Å²) < 4.78 is 15.1. The van der Waals surface area contributed by atoms with E-state index in [-0.39, 0.29) is 24.2 Å².